The van der Waals surface area contributed by atoms with E-state index in [2.05, 4.69) is 240 Å². The second-order valence-corrected chi connectivity index (χ2v) is 24.4. The summed E-state index contributed by atoms with van der Waals surface area (Å²) in [5.41, 5.74) is 25.1. The number of hydrogen-bond donors (Lipinski definition) is 0. The molecule has 3 aliphatic heterocycles. The molecule has 15 rings (SSSR count). The van der Waals surface area contributed by atoms with Gasteiger partial charge in [-0.25, -0.2) is 0 Å². The van der Waals surface area contributed by atoms with Crippen molar-refractivity contribution >= 4 is 77.7 Å². The van der Waals surface area contributed by atoms with Gasteiger partial charge in [0.05, 0.1) is 16.1 Å². The second kappa shape index (κ2) is 14.0. The van der Waals surface area contributed by atoms with Gasteiger partial charge >= 0.3 is 6.85 Å². The molecule has 0 fully saturated rings. The van der Waals surface area contributed by atoms with Gasteiger partial charge in [-0.3, -0.25) is 0 Å². The van der Waals surface area contributed by atoms with Crippen LogP contribution in [0.5, 0.6) is 0 Å². The normalized spacial score (nSPS) is 16.8. The summed E-state index contributed by atoms with van der Waals surface area (Å²) in [5.74, 6) is 0. The van der Waals surface area contributed by atoms with Gasteiger partial charge in [0.1, 0.15) is 0 Å². The van der Waals surface area contributed by atoms with Crippen LogP contribution in [0.15, 0.2) is 182 Å². The zero-order chi connectivity index (χ0) is 47.9. The molecule has 10 aromatic rings. The first-order valence-electron chi connectivity index (χ1n) is 25.8. The maximum absolute atomic E-state index is 2.83. The van der Waals surface area contributed by atoms with Crippen molar-refractivity contribution < 1.29 is 0 Å². The Balaban J connectivity index is 1.13. The van der Waals surface area contributed by atoms with Gasteiger partial charge in [-0.2, -0.15) is 0 Å². The number of anilines is 5. The van der Waals surface area contributed by atoms with Crippen LogP contribution >= 0.6 is 11.3 Å². The number of fused-ring (bicyclic) bond motifs is 18. The molecule has 0 unspecified atom stereocenters. The van der Waals surface area contributed by atoms with Gasteiger partial charge in [0, 0.05) is 32.9 Å². The second-order valence-electron chi connectivity index (χ2n) is 23.4. The lowest BCUT2D eigenvalue weighted by Crippen LogP contribution is -2.63. The van der Waals surface area contributed by atoms with E-state index in [1.165, 1.54) is 145 Å². The minimum Gasteiger partial charge on any atom is -0.376 e. The monoisotopic (exact) mass is 930 g/mol. The van der Waals surface area contributed by atoms with E-state index in [0.29, 0.717) is 0 Å². The lowest BCUT2D eigenvalue weighted by Gasteiger charge is -2.52. The Morgan fingerprint density at radius 3 is 1.83 bits per heavy atom. The number of hydrogen-bond acceptors (Lipinski definition) is 3. The van der Waals surface area contributed by atoms with Crippen LogP contribution in [-0.4, -0.2) is 6.85 Å². The van der Waals surface area contributed by atoms with Gasteiger partial charge in [-0.05, 0) is 154 Å². The first-order valence-corrected chi connectivity index (χ1v) is 26.6. The summed E-state index contributed by atoms with van der Waals surface area (Å²) in [6.45, 7) is 16.8. The molecule has 1 spiro atoms. The smallest absolute Gasteiger partial charge is 0.334 e. The van der Waals surface area contributed by atoms with Crippen LogP contribution < -0.4 is 20.6 Å². The highest BCUT2D eigenvalue weighted by Crippen LogP contribution is 2.66. The minimum atomic E-state index is -0.509. The van der Waals surface area contributed by atoms with E-state index >= 15 is 0 Å². The summed E-state index contributed by atoms with van der Waals surface area (Å²) < 4.78 is 1.37. The highest BCUT2D eigenvalue weighted by atomic mass is 32.1. The standard InChI is InChI=1S/C67H55BN2S/c1-64(2,3)42-32-33-55(47(37-42)40-20-9-8-10-21-40)69-57-36-41-22-11-12-23-43(41)59-46-26-19-30-52-62(46)70(56-31-18-17-29-51(56)67(52)49-27-15-13-24-44(49)45-25-14-16-28-50(45)67)68(61(57)59)60-48-38-53-54(39-58(48)71-63(60)69)66(6,7)35-34-65(53,4)5/h8-33,36-39H,34-35H2,1-7H3. The maximum atomic E-state index is 2.83. The van der Waals surface area contributed by atoms with Gasteiger partial charge in [-0.1, -0.05) is 194 Å². The number of para-hydroxylation sites is 2. The van der Waals surface area contributed by atoms with Crippen molar-refractivity contribution in [3.63, 3.8) is 0 Å². The van der Waals surface area contributed by atoms with Gasteiger partial charge in [0.25, 0.3) is 0 Å². The first kappa shape index (κ1) is 41.6. The number of benzene rings is 9. The molecule has 71 heavy (non-hydrogen) atoms. The quantitative estimate of drug-likeness (QED) is 0.159. The van der Waals surface area contributed by atoms with Gasteiger partial charge in [-0.15, -0.1) is 11.3 Å². The average Bonchev–Trinajstić information content (AvgIpc) is 3.91. The third kappa shape index (κ3) is 5.34. The molecule has 4 heteroatoms. The highest BCUT2D eigenvalue weighted by Gasteiger charge is 2.57. The van der Waals surface area contributed by atoms with E-state index in [1.807, 2.05) is 11.3 Å². The van der Waals surface area contributed by atoms with Crippen LogP contribution in [0.2, 0.25) is 0 Å². The molecule has 4 heterocycles. The minimum absolute atomic E-state index is 0.0284. The first-order chi connectivity index (χ1) is 34.4. The van der Waals surface area contributed by atoms with Gasteiger partial charge in [0.2, 0.25) is 0 Å². The largest absolute Gasteiger partial charge is 0.376 e. The van der Waals surface area contributed by atoms with Crippen molar-refractivity contribution in [3.05, 3.63) is 221 Å². The maximum Gasteiger partial charge on any atom is 0.334 e. The van der Waals surface area contributed by atoms with E-state index in [-0.39, 0.29) is 23.1 Å². The Morgan fingerprint density at radius 1 is 0.479 bits per heavy atom. The van der Waals surface area contributed by atoms with E-state index < -0.39 is 5.41 Å². The van der Waals surface area contributed by atoms with Crippen LogP contribution in [0, 0.1) is 0 Å². The predicted molar refractivity (Wildman–Crippen MR) is 303 cm³/mol. The number of nitrogens with zero attached hydrogens (tertiary/aromatic N) is 2. The predicted octanol–water partition coefficient (Wildman–Crippen LogP) is 16.8. The van der Waals surface area contributed by atoms with Crippen LogP contribution in [0.3, 0.4) is 0 Å². The summed E-state index contributed by atoms with van der Waals surface area (Å²) in [7, 11) is 0. The Kier molecular flexibility index (Phi) is 8.24. The molecule has 0 atom stereocenters. The van der Waals surface area contributed by atoms with E-state index in [4.69, 9.17) is 0 Å². The molecule has 342 valence electrons. The van der Waals surface area contributed by atoms with Crippen LogP contribution in [-0.2, 0) is 21.7 Å². The van der Waals surface area contributed by atoms with E-state index in [9.17, 15) is 0 Å². The molecule has 2 aliphatic carbocycles. The number of rotatable bonds is 2. The van der Waals surface area contributed by atoms with Crippen molar-refractivity contribution in [2.75, 3.05) is 9.71 Å². The average molecular weight is 931 g/mol. The summed E-state index contributed by atoms with van der Waals surface area (Å²) >= 11 is 2.00. The van der Waals surface area contributed by atoms with Crippen molar-refractivity contribution in [2.24, 2.45) is 0 Å². The van der Waals surface area contributed by atoms with Crippen molar-refractivity contribution in [2.45, 2.75) is 83.0 Å². The fraction of sp³-hybridized carbons (Fsp3) is 0.194. The molecule has 2 nitrogen and oxygen atoms in total. The lowest BCUT2D eigenvalue weighted by molar-refractivity contribution is 0.332. The Bertz CT molecular complexity index is 3910. The van der Waals surface area contributed by atoms with Crippen molar-refractivity contribution in [1.29, 1.82) is 0 Å². The molecular formula is C67H55BN2S. The fourth-order valence-corrected chi connectivity index (χ4v) is 15.4. The topological polar surface area (TPSA) is 6.48 Å². The summed E-state index contributed by atoms with van der Waals surface area (Å²) in [6, 6.07) is 70.8. The Morgan fingerprint density at radius 2 is 1.10 bits per heavy atom. The molecule has 0 N–H and O–H groups in total. The van der Waals surface area contributed by atoms with Crippen LogP contribution in [0.4, 0.5) is 27.8 Å². The number of thiophene rings is 1. The zero-order valence-electron chi connectivity index (χ0n) is 41.6. The molecule has 9 aromatic carbocycles. The van der Waals surface area contributed by atoms with Crippen molar-refractivity contribution in [1.82, 2.24) is 0 Å². The molecular weight excluding hydrogens is 876 g/mol. The fourth-order valence-electron chi connectivity index (χ4n) is 14.1. The third-order valence-electron chi connectivity index (χ3n) is 17.7. The zero-order valence-corrected chi connectivity index (χ0v) is 42.4. The lowest BCUT2D eigenvalue weighted by atomic mass is 9.42. The summed E-state index contributed by atoms with van der Waals surface area (Å²) in [6.07, 6.45) is 2.35. The Labute approximate surface area is 422 Å². The molecule has 0 amide bonds. The SMILES string of the molecule is CC(C)(C)c1ccc(N2c3cc4ccccc4c4c3B(c3c2sc2cc5c(cc32)C(C)(C)CCC5(C)C)N2c3ccccc3C3(c5ccccc5-c5ccccc53)c3cccc-4c32)c(-c2ccccc2)c1. The molecule has 0 saturated heterocycles. The molecule has 0 bridgehead atoms. The molecule has 0 saturated carbocycles. The molecule has 5 aliphatic rings. The Hall–Kier alpha value is -7.14. The van der Waals surface area contributed by atoms with Crippen molar-refractivity contribution in [3.8, 4) is 33.4 Å². The van der Waals surface area contributed by atoms with E-state index in [1.54, 1.807) is 0 Å². The van der Waals surface area contributed by atoms with Gasteiger partial charge in [0.15, 0.2) is 0 Å². The third-order valence-corrected chi connectivity index (χ3v) is 18.8. The summed E-state index contributed by atoms with van der Waals surface area (Å²) in [4.78, 5) is 5.54. The molecule has 1 aromatic heterocycles. The van der Waals surface area contributed by atoms with Crippen LogP contribution in [0.1, 0.15) is 100 Å². The highest BCUT2D eigenvalue weighted by molar-refractivity contribution is 7.26. The molecule has 0 radical (unpaired) electrons. The van der Waals surface area contributed by atoms with Crippen LogP contribution in [0.25, 0.3) is 54.2 Å². The summed E-state index contributed by atoms with van der Waals surface area (Å²) in [5, 5.41) is 5.26. The van der Waals surface area contributed by atoms with E-state index in [0.717, 1.165) is 0 Å². The van der Waals surface area contributed by atoms with Gasteiger partial charge < -0.3 is 9.71 Å².